The van der Waals surface area contributed by atoms with E-state index >= 15 is 0 Å². The minimum absolute atomic E-state index is 0.206. The van der Waals surface area contributed by atoms with Gasteiger partial charge in [0.05, 0.1) is 6.54 Å². The number of hydrogen-bond donors (Lipinski definition) is 3. The third-order valence-electron chi connectivity index (χ3n) is 3.41. The Morgan fingerprint density at radius 1 is 1.31 bits per heavy atom. The largest absolute Gasteiger partial charge is 0.480 e. The Labute approximate surface area is 94.6 Å². The molecule has 5 heteroatoms. The lowest BCUT2D eigenvalue weighted by molar-refractivity contribution is -0.151. The van der Waals surface area contributed by atoms with Crippen LogP contribution >= 0.6 is 0 Å². The Balaban J connectivity index is 1.70. The highest BCUT2D eigenvalue weighted by Crippen LogP contribution is 2.31. The molecule has 3 N–H and O–H groups in total. The second-order valence-corrected chi connectivity index (χ2v) is 4.86. The number of carbonyl (C=O) groups excluding carboxylic acids is 1. The highest BCUT2D eigenvalue weighted by atomic mass is 16.4. The molecule has 90 valence electrons. The summed E-state index contributed by atoms with van der Waals surface area (Å²) in [4.78, 5) is 22.5. The highest BCUT2D eigenvalue weighted by molar-refractivity contribution is 5.88. The lowest BCUT2D eigenvalue weighted by Crippen LogP contribution is -2.60. The van der Waals surface area contributed by atoms with Crippen LogP contribution in [0.1, 0.15) is 32.1 Å². The van der Waals surface area contributed by atoms with Gasteiger partial charge in [0.2, 0.25) is 5.91 Å². The topological polar surface area (TPSA) is 78.4 Å². The molecule has 2 saturated carbocycles. The van der Waals surface area contributed by atoms with Crippen LogP contribution in [0.25, 0.3) is 0 Å². The first-order valence-corrected chi connectivity index (χ1v) is 5.87. The predicted molar refractivity (Wildman–Crippen MR) is 58.0 cm³/mol. The molecular formula is C11H18N2O3. The first-order chi connectivity index (χ1) is 7.62. The van der Waals surface area contributed by atoms with Crippen molar-refractivity contribution in [2.75, 3.05) is 13.1 Å². The molecule has 2 aliphatic rings. The van der Waals surface area contributed by atoms with E-state index in [1.807, 2.05) is 0 Å². The molecule has 0 unspecified atom stereocenters. The first-order valence-electron chi connectivity index (χ1n) is 5.87. The average molecular weight is 226 g/mol. The van der Waals surface area contributed by atoms with Crippen molar-refractivity contribution in [1.29, 1.82) is 0 Å². The van der Waals surface area contributed by atoms with Crippen LogP contribution in [-0.2, 0) is 9.59 Å². The summed E-state index contributed by atoms with van der Waals surface area (Å²) in [5.41, 5.74) is -0.974. The maximum Gasteiger partial charge on any atom is 0.329 e. The number of aliphatic carboxylic acids is 1. The van der Waals surface area contributed by atoms with E-state index in [9.17, 15) is 9.59 Å². The summed E-state index contributed by atoms with van der Waals surface area (Å²) in [7, 11) is 0. The van der Waals surface area contributed by atoms with Gasteiger partial charge in [0.15, 0.2) is 0 Å². The molecule has 0 aromatic rings. The molecule has 0 aromatic carbocycles. The van der Waals surface area contributed by atoms with Gasteiger partial charge in [0.25, 0.3) is 0 Å². The number of hydrogen-bond acceptors (Lipinski definition) is 3. The maximum atomic E-state index is 11.5. The molecule has 2 fully saturated rings. The number of amides is 1. The molecule has 0 heterocycles. The molecule has 16 heavy (non-hydrogen) atoms. The summed E-state index contributed by atoms with van der Waals surface area (Å²) >= 11 is 0. The third-order valence-corrected chi connectivity index (χ3v) is 3.41. The summed E-state index contributed by atoms with van der Waals surface area (Å²) in [5.74, 6) is -0.387. The van der Waals surface area contributed by atoms with E-state index in [2.05, 4.69) is 10.6 Å². The van der Waals surface area contributed by atoms with E-state index < -0.39 is 11.5 Å². The number of nitrogens with one attached hydrogen (secondary N) is 2. The molecule has 0 aromatic heterocycles. The Hall–Kier alpha value is -1.10. The van der Waals surface area contributed by atoms with Crippen LogP contribution in [0.5, 0.6) is 0 Å². The van der Waals surface area contributed by atoms with Crippen molar-refractivity contribution < 1.29 is 14.7 Å². The van der Waals surface area contributed by atoms with Gasteiger partial charge < -0.3 is 15.7 Å². The molecule has 2 aliphatic carbocycles. The lowest BCUT2D eigenvalue weighted by atomic mass is 9.77. The van der Waals surface area contributed by atoms with Gasteiger partial charge in [-0.1, -0.05) is 0 Å². The van der Waals surface area contributed by atoms with Crippen LogP contribution in [0.2, 0.25) is 0 Å². The molecule has 0 atom stereocenters. The number of carboxylic acids is 1. The fourth-order valence-corrected chi connectivity index (χ4v) is 1.95. The van der Waals surface area contributed by atoms with Crippen LogP contribution < -0.4 is 10.6 Å². The van der Waals surface area contributed by atoms with Gasteiger partial charge in [-0.15, -0.1) is 0 Å². The Bertz CT molecular complexity index is 296. The average Bonchev–Trinajstić information content (AvgIpc) is 2.94. The van der Waals surface area contributed by atoms with Crippen molar-refractivity contribution >= 4 is 11.9 Å². The highest BCUT2D eigenvalue weighted by Gasteiger charge is 2.45. The van der Waals surface area contributed by atoms with Crippen molar-refractivity contribution in [2.45, 2.75) is 37.6 Å². The zero-order valence-electron chi connectivity index (χ0n) is 9.29. The fraction of sp³-hybridized carbons (Fsp3) is 0.818. The van der Waals surface area contributed by atoms with Crippen LogP contribution in [0, 0.1) is 5.92 Å². The quantitative estimate of drug-likeness (QED) is 0.600. The summed E-state index contributed by atoms with van der Waals surface area (Å²) in [6, 6.07) is 0. The van der Waals surface area contributed by atoms with Crippen LogP contribution in [0.4, 0.5) is 0 Å². The van der Waals surface area contributed by atoms with Crippen molar-refractivity contribution in [2.24, 2.45) is 5.92 Å². The maximum absolute atomic E-state index is 11.5. The van der Waals surface area contributed by atoms with Gasteiger partial charge in [-0.25, -0.2) is 4.79 Å². The molecule has 0 spiro atoms. The van der Waals surface area contributed by atoms with Crippen molar-refractivity contribution in [3.63, 3.8) is 0 Å². The Morgan fingerprint density at radius 3 is 2.44 bits per heavy atom. The summed E-state index contributed by atoms with van der Waals surface area (Å²) in [6.45, 7) is 1.10. The van der Waals surface area contributed by atoms with Crippen LogP contribution in [-0.4, -0.2) is 35.6 Å². The molecule has 5 nitrogen and oxygen atoms in total. The van der Waals surface area contributed by atoms with Crippen LogP contribution in [0.3, 0.4) is 0 Å². The smallest absolute Gasteiger partial charge is 0.329 e. The number of rotatable bonds is 6. The zero-order valence-corrected chi connectivity index (χ0v) is 9.29. The van der Waals surface area contributed by atoms with E-state index in [4.69, 9.17) is 5.11 Å². The summed E-state index contributed by atoms with van der Waals surface area (Å²) in [5, 5.41) is 14.7. The van der Waals surface area contributed by atoms with Gasteiger partial charge in [-0.3, -0.25) is 4.79 Å². The molecule has 1 amide bonds. The zero-order chi connectivity index (χ0) is 11.6. The Kier molecular flexibility index (Phi) is 3.14. The van der Waals surface area contributed by atoms with E-state index in [1.54, 1.807) is 0 Å². The molecule has 0 bridgehead atoms. The number of carbonyl (C=O) groups is 2. The van der Waals surface area contributed by atoms with Gasteiger partial charge >= 0.3 is 5.97 Å². The van der Waals surface area contributed by atoms with Gasteiger partial charge in [0, 0.05) is 0 Å². The molecule has 0 aliphatic heterocycles. The van der Waals surface area contributed by atoms with E-state index in [0.29, 0.717) is 12.8 Å². The van der Waals surface area contributed by atoms with Crippen molar-refractivity contribution in [3.8, 4) is 0 Å². The molecule has 0 radical (unpaired) electrons. The first kappa shape index (κ1) is 11.4. The van der Waals surface area contributed by atoms with Gasteiger partial charge in [-0.05, 0) is 44.6 Å². The van der Waals surface area contributed by atoms with Crippen molar-refractivity contribution in [1.82, 2.24) is 10.6 Å². The molecule has 0 saturated heterocycles. The monoisotopic (exact) mass is 226 g/mol. The van der Waals surface area contributed by atoms with E-state index in [1.165, 1.54) is 12.8 Å². The normalized spacial score (nSPS) is 22.2. The molecule has 2 rings (SSSR count). The van der Waals surface area contributed by atoms with Gasteiger partial charge in [-0.2, -0.15) is 0 Å². The second-order valence-electron chi connectivity index (χ2n) is 4.86. The minimum Gasteiger partial charge on any atom is -0.480 e. The predicted octanol–water partition coefficient (Wildman–Crippen LogP) is 0.109. The molecular weight excluding hydrogens is 208 g/mol. The van der Waals surface area contributed by atoms with Gasteiger partial charge in [0.1, 0.15) is 5.54 Å². The summed E-state index contributed by atoms with van der Waals surface area (Å²) in [6.07, 6.45) is 4.47. The van der Waals surface area contributed by atoms with Crippen LogP contribution in [0.15, 0.2) is 0 Å². The van der Waals surface area contributed by atoms with E-state index in [-0.39, 0.29) is 12.5 Å². The summed E-state index contributed by atoms with van der Waals surface area (Å²) < 4.78 is 0. The number of carboxylic acid groups (broad SMARTS) is 1. The van der Waals surface area contributed by atoms with E-state index in [0.717, 1.165) is 18.9 Å². The minimum atomic E-state index is -0.974. The SMILES string of the molecule is O=C(CNCC1CC1)NC1(C(=O)O)CCC1. The third kappa shape index (κ3) is 2.52. The Morgan fingerprint density at radius 2 is 2.00 bits per heavy atom. The van der Waals surface area contributed by atoms with Crippen molar-refractivity contribution in [3.05, 3.63) is 0 Å². The lowest BCUT2D eigenvalue weighted by Gasteiger charge is -2.38. The fourth-order valence-electron chi connectivity index (χ4n) is 1.95. The second kappa shape index (κ2) is 4.41. The standard InChI is InChI=1S/C11H18N2O3/c14-9(7-12-6-8-2-3-8)13-11(10(15)16)4-1-5-11/h8,12H,1-7H2,(H,13,14)(H,15,16).